The summed E-state index contributed by atoms with van der Waals surface area (Å²) in [5, 5.41) is 3.33. The van der Waals surface area contributed by atoms with E-state index < -0.39 is 0 Å². The third-order valence-corrected chi connectivity index (χ3v) is 3.93. The van der Waals surface area contributed by atoms with Gasteiger partial charge in [0.25, 0.3) is 0 Å². The highest BCUT2D eigenvalue weighted by Crippen LogP contribution is 2.53. The molecule has 0 radical (unpaired) electrons. The van der Waals surface area contributed by atoms with Gasteiger partial charge in [0, 0.05) is 6.04 Å². The van der Waals surface area contributed by atoms with Crippen molar-refractivity contribution in [1.82, 2.24) is 5.32 Å². The van der Waals surface area contributed by atoms with Crippen molar-refractivity contribution in [3.05, 3.63) is 35.9 Å². The molecule has 0 amide bonds. The van der Waals surface area contributed by atoms with Crippen LogP contribution in [0.4, 0.5) is 0 Å². The number of benzene rings is 1. The molecule has 3 nitrogen and oxygen atoms in total. The lowest BCUT2D eigenvalue weighted by molar-refractivity contribution is -0.147. The van der Waals surface area contributed by atoms with E-state index in [4.69, 9.17) is 4.74 Å². The van der Waals surface area contributed by atoms with Crippen molar-refractivity contribution in [1.29, 1.82) is 0 Å². The maximum atomic E-state index is 11.8. The zero-order chi connectivity index (χ0) is 11.9. The third kappa shape index (κ3) is 2.07. The van der Waals surface area contributed by atoms with Crippen molar-refractivity contribution in [2.45, 2.75) is 38.5 Å². The first kappa shape index (κ1) is 10.8. The number of carbonyl (C=O) groups is 1. The van der Waals surface area contributed by atoms with Crippen LogP contribution in [0.1, 0.15) is 25.3 Å². The van der Waals surface area contributed by atoms with E-state index in [1.807, 2.05) is 30.3 Å². The van der Waals surface area contributed by atoms with Crippen LogP contribution in [0.3, 0.4) is 0 Å². The highest BCUT2D eigenvalue weighted by molar-refractivity contribution is 5.77. The Morgan fingerprint density at radius 2 is 2.18 bits per heavy atom. The van der Waals surface area contributed by atoms with Crippen LogP contribution >= 0.6 is 0 Å². The molecule has 1 saturated carbocycles. The van der Waals surface area contributed by atoms with Crippen LogP contribution in [0.15, 0.2) is 30.3 Å². The van der Waals surface area contributed by atoms with E-state index in [0.717, 1.165) is 12.0 Å². The maximum absolute atomic E-state index is 11.8. The van der Waals surface area contributed by atoms with E-state index >= 15 is 0 Å². The SMILES string of the molecule is C[C@]12CC(C(=O)OCc3ccccc3)NC1C2. The molecule has 17 heavy (non-hydrogen) atoms. The van der Waals surface area contributed by atoms with Gasteiger partial charge in [0.15, 0.2) is 0 Å². The second-order valence-electron chi connectivity index (χ2n) is 5.43. The summed E-state index contributed by atoms with van der Waals surface area (Å²) in [6.45, 7) is 2.61. The van der Waals surface area contributed by atoms with Crippen molar-refractivity contribution in [3.8, 4) is 0 Å². The Balaban J connectivity index is 1.51. The van der Waals surface area contributed by atoms with Crippen LogP contribution in [0.25, 0.3) is 0 Å². The fourth-order valence-electron chi connectivity index (χ4n) is 2.64. The normalized spacial score (nSPS) is 34.2. The number of hydrogen-bond acceptors (Lipinski definition) is 3. The lowest BCUT2D eigenvalue weighted by atomic mass is 10.0. The lowest BCUT2D eigenvalue weighted by Crippen LogP contribution is -2.35. The maximum Gasteiger partial charge on any atom is 0.323 e. The van der Waals surface area contributed by atoms with Crippen molar-refractivity contribution < 1.29 is 9.53 Å². The summed E-state index contributed by atoms with van der Waals surface area (Å²) in [7, 11) is 0. The highest BCUT2D eigenvalue weighted by Gasteiger charge is 2.58. The zero-order valence-corrected chi connectivity index (χ0v) is 9.98. The summed E-state index contributed by atoms with van der Waals surface area (Å²) in [4.78, 5) is 11.8. The molecule has 1 aromatic rings. The van der Waals surface area contributed by atoms with Gasteiger partial charge in [0.1, 0.15) is 12.6 Å². The van der Waals surface area contributed by atoms with Gasteiger partial charge in [-0.25, -0.2) is 0 Å². The average molecular weight is 231 g/mol. The Labute approximate surface area is 101 Å². The molecule has 1 saturated heterocycles. The van der Waals surface area contributed by atoms with Gasteiger partial charge >= 0.3 is 5.97 Å². The van der Waals surface area contributed by atoms with Crippen molar-refractivity contribution in [2.75, 3.05) is 0 Å². The Bertz CT molecular complexity index is 431. The molecular formula is C14H17NO2. The summed E-state index contributed by atoms with van der Waals surface area (Å²) in [5.41, 5.74) is 1.39. The minimum Gasteiger partial charge on any atom is -0.460 e. The highest BCUT2D eigenvalue weighted by atomic mass is 16.5. The van der Waals surface area contributed by atoms with Gasteiger partial charge in [-0.1, -0.05) is 37.3 Å². The number of hydrogen-bond donors (Lipinski definition) is 1. The number of carbonyl (C=O) groups excluding carboxylic acids is 1. The summed E-state index contributed by atoms with van der Waals surface area (Å²) in [5.74, 6) is -0.109. The van der Waals surface area contributed by atoms with Crippen LogP contribution in [0.5, 0.6) is 0 Å². The van der Waals surface area contributed by atoms with E-state index in [1.165, 1.54) is 6.42 Å². The molecule has 2 aliphatic rings. The molecule has 0 spiro atoms. The summed E-state index contributed by atoms with van der Waals surface area (Å²) in [6.07, 6.45) is 2.13. The predicted molar refractivity (Wildman–Crippen MR) is 64.3 cm³/mol. The fraction of sp³-hybridized carbons (Fsp3) is 0.500. The number of piperidine rings is 1. The minimum absolute atomic E-state index is 0.0949. The number of fused-ring (bicyclic) bond motifs is 1. The number of esters is 1. The largest absolute Gasteiger partial charge is 0.460 e. The Morgan fingerprint density at radius 3 is 2.82 bits per heavy atom. The minimum atomic E-state index is -0.109. The zero-order valence-electron chi connectivity index (χ0n) is 9.98. The number of rotatable bonds is 3. The standard InChI is InChI=1S/C14H17NO2/c1-14-7-11(15-12(14)8-14)13(16)17-9-10-5-3-2-4-6-10/h2-6,11-12,15H,7-9H2,1H3/t11?,12?,14-/m1/s1. The first-order chi connectivity index (χ1) is 8.17. The molecule has 2 unspecified atom stereocenters. The van der Waals surface area contributed by atoms with Crippen LogP contribution in [-0.4, -0.2) is 18.1 Å². The molecule has 1 N–H and O–H groups in total. The molecule has 1 aliphatic heterocycles. The third-order valence-electron chi connectivity index (χ3n) is 3.93. The van der Waals surface area contributed by atoms with Gasteiger partial charge in [-0.2, -0.15) is 0 Å². The monoisotopic (exact) mass is 231 g/mol. The molecule has 3 heteroatoms. The summed E-state index contributed by atoms with van der Waals surface area (Å²) in [6, 6.07) is 10.2. The predicted octanol–water partition coefficient (Wildman–Crippen LogP) is 1.87. The first-order valence-electron chi connectivity index (χ1n) is 6.14. The number of ether oxygens (including phenoxy) is 1. The molecule has 1 aromatic carbocycles. The van der Waals surface area contributed by atoms with E-state index in [-0.39, 0.29) is 12.0 Å². The smallest absolute Gasteiger partial charge is 0.323 e. The lowest BCUT2D eigenvalue weighted by Gasteiger charge is -2.13. The van der Waals surface area contributed by atoms with E-state index in [0.29, 0.717) is 18.1 Å². The van der Waals surface area contributed by atoms with Crippen LogP contribution < -0.4 is 5.32 Å². The summed E-state index contributed by atoms with van der Waals surface area (Å²) >= 11 is 0. The molecule has 90 valence electrons. The van der Waals surface area contributed by atoms with Gasteiger partial charge in [-0.15, -0.1) is 0 Å². The Kier molecular flexibility index (Phi) is 2.44. The quantitative estimate of drug-likeness (QED) is 0.807. The van der Waals surface area contributed by atoms with E-state index in [1.54, 1.807) is 0 Å². The number of nitrogens with one attached hydrogen (secondary N) is 1. The van der Waals surface area contributed by atoms with Gasteiger partial charge in [-0.3, -0.25) is 4.79 Å². The molecule has 1 aliphatic carbocycles. The molecule has 3 atom stereocenters. The van der Waals surface area contributed by atoms with E-state index in [9.17, 15) is 4.79 Å². The molecule has 2 fully saturated rings. The van der Waals surface area contributed by atoms with Gasteiger partial charge in [-0.05, 0) is 23.8 Å². The molecule has 3 rings (SSSR count). The second-order valence-corrected chi connectivity index (χ2v) is 5.43. The van der Waals surface area contributed by atoms with Crippen molar-refractivity contribution >= 4 is 5.97 Å². The molecule has 1 heterocycles. The topological polar surface area (TPSA) is 38.3 Å². The van der Waals surface area contributed by atoms with Crippen molar-refractivity contribution in [2.24, 2.45) is 5.41 Å². The van der Waals surface area contributed by atoms with Crippen molar-refractivity contribution in [3.63, 3.8) is 0 Å². The Hall–Kier alpha value is -1.35. The molecule has 0 aromatic heterocycles. The van der Waals surface area contributed by atoms with Crippen LogP contribution in [-0.2, 0) is 16.1 Å². The van der Waals surface area contributed by atoms with Gasteiger partial charge < -0.3 is 10.1 Å². The van der Waals surface area contributed by atoms with Crippen LogP contribution in [0, 0.1) is 5.41 Å². The van der Waals surface area contributed by atoms with E-state index in [2.05, 4.69) is 12.2 Å². The van der Waals surface area contributed by atoms with Crippen LogP contribution in [0.2, 0.25) is 0 Å². The first-order valence-corrected chi connectivity index (χ1v) is 6.14. The Morgan fingerprint density at radius 1 is 1.41 bits per heavy atom. The average Bonchev–Trinajstić information content (AvgIpc) is 2.86. The fourth-order valence-corrected chi connectivity index (χ4v) is 2.64. The molecular weight excluding hydrogens is 214 g/mol. The molecule has 0 bridgehead atoms. The van der Waals surface area contributed by atoms with Gasteiger partial charge in [0.2, 0.25) is 0 Å². The van der Waals surface area contributed by atoms with Gasteiger partial charge in [0.05, 0.1) is 0 Å². The summed E-state index contributed by atoms with van der Waals surface area (Å²) < 4.78 is 5.32. The second kappa shape index (κ2) is 3.84.